The second-order valence-corrected chi connectivity index (χ2v) is 11.5. The molecule has 1 aliphatic heterocycles. The third kappa shape index (κ3) is 7.13. The van der Waals surface area contributed by atoms with Crippen LogP contribution in [0.5, 0.6) is 11.5 Å². The lowest BCUT2D eigenvalue weighted by Gasteiger charge is -2.44. The monoisotopic (exact) mass is 501 g/mol. The van der Waals surface area contributed by atoms with Crippen LogP contribution in [0.1, 0.15) is 37.3 Å². The third-order valence-electron chi connectivity index (χ3n) is 5.63. The number of nitrogens with zero attached hydrogens (tertiary/aromatic N) is 1. The molecule has 31 heavy (non-hydrogen) atoms. The van der Waals surface area contributed by atoms with Crippen LogP contribution in [0.25, 0.3) is 0 Å². The van der Waals surface area contributed by atoms with Gasteiger partial charge in [-0.25, -0.2) is 0 Å². The smallest absolute Gasteiger partial charge is 0.160 e. The molecule has 0 saturated carbocycles. The molecule has 2 aromatic rings. The van der Waals surface area contributed by atoms with Crippen molar-refractivity contribution in [1.29, 1.82) is 0 Å². The number of hydrogen-bond acceptors (Lipinski definition) is 5. The number of halogens is 2. The van der Waals surface area contributed by atoms with E-state index in [2.05, 4.69) is 66.5 Å². The van der Waals surface area contributed by atoms with Crippen LogP contribution in [0.3, 0.4) is 0 Å². The summed E-state index contributed by atoms with van der Waals surface area (Å²) in [5, 5.41) is 0.809. The van der Waals surface area contributed by atoms with Crippen molar-refractivity contribution in [2.24, 2.45) is 0 Å². The Labute approximate surface area is 207 Å². The molecule has 1 heterocycles. The van der Waals surface area contributed by atoms with E-state index in [9.17, 15) is 0 Å². The van der Waals surface area contributed by atoms with Gasteiger partial charge in [-0.15, -0.1) is 35.9 Å². The van der Waals surface area contributed by atoms with Crippen molar-refractivity contribution in [3.05, 3.63) is 58.6 Å². The van der Waals surface area contributed by atoms with E-state index in [1.807, 2.05) is 18.2 Å². The number of methoxy groups -OCH3 is 2. The molecule has 3 nitrogen and oxygen atoms in total. The molecule has 3 rings (SSSR count). The van der Waals surface area contributed by atoms with Gasteiger partial charge in [-0.05, 0) is 72.6 Å². The lowest BCUT2D eigenvalue weighted by atomic mass is 10.0. The maximum absolute atomic E-state index is 6.25. The van der Waals surface area contributed by atoms with Crippen LogP contribution >= 0.6 is 47.5 Å². The van der Waals surface area contributed by atoms with Gasteiger partial charge in [0.2, 0.25) is 0 Å². The molecule has 0 aromatic heterocycles. The first-order valence-corrected chi connectivity index (χ1v) is 12.8. The van der Waals surface area contributed by atoms with Gasteiger partial charge in [-0.1, -0.05) is 36.7 Å². The molecule has 0 N–H and O–H groups in total. The van der Waals surface area contributed by atoms with Crippen molar-refractivity contribution in [2.75, 3.05) is 38.8 Å². The van der Waals surface area contributed by atoms with E-state index in [0.717, 1.165) is 36.0 Å². The molecule has 1 unspecified atom stereocenters. The van der Waals surface area contributed by atoms with Gasteiger partial charge in [-0.3, -0.25) is 4.90 Å². The van der Waals surface area contributed by atoms with Gasteiger partial charge in [-0.2, -0.15) is 0 Å². The van der Waals surface area contributed by atoms with E-state index in [1.165, 1.54) is 29.1 Å². The molecule has 1 fully saturated rings. The Hall–Kier alpha value is -0.720. The highest BCUT2D eigenvalue weighted by atomic mass is 35.5. The highest BCUT2D eigenvalue weighted by molar-refractivity contribution is 8.18. The number of ether oxygens (including phenoxy) is 2. The third-order valence-corrected chi connectivity index (χ3v) is 9.15. The largest absolute Gasteiger partial charge is 0.493 e. The zero-order valence-corrected chi connectivity index (χ0v) is 21.9. The number of hydrogen-bond donors (Lipinski definition) is 0. The Bertz CT molecular complexity index is 831. The highest BCUT2D eigenvalue weighted by Crippen LogP contribution is 2.45. The van der Waals surface area contributed by atoms with Crippen LogP contribution in [0.2, 0.25) is 5.02 Å². The molecule has 7 heteroatoms. The van der Waals surface area contributed by atoms with Gasteiger partial charge in [0.15, 0.2) is 11.5 Å². The first-order valence-electron chi connectivity index (χ1n) is 10.4. The number of benzene rings is 2. The van der Waals surface area contributed by atoms with Crippen molar-refractivity contribution in [3.63, 3.8) is 0 Å². The normalized spacial score (nSPS) is 16.5. The maximum Gasteiger partial charge on any atom is 0.160 e. The van der Waals surface area contributed by atoms with E-state index in [1.54, 1.807) is 14.2 Å². The zero-order valence-electron chi connectivity index (χ0n) is 18.7. The minimum atomic E-state index is 0. The minimum Gasteiger partial charge on any atom is -0.493 e. The summed E-state index contributed by atoms with van der Waals surface area (Å²) in [5.74, 6) is 4.43. The Morgan fingerprint density at radius 3 is 2.42 bits per heavy atom. The summed E-state index contributed by atoms with van der Waals surface area (Å²) in [6.07, 6.45) is 2.26. The Morgan fingerprint density at radius 2 is 1.77 bits per heavy atom. The summed E-state index contributed by atoms with van der Waals surface area (Å²) in [7, 11) is 3.37. The van der Waals surface area contributed by atoms with Crippen molar-refractivity contribution in [1.82, 2.24) is 4.90 Å². The second-order valence-electron chi connectivity index (χ2n) is 7.79. The van der Waals surface area contributed by atoms with E-state index in [-0.39, 0.29) is 16.6 Å². The molecule has 0 amide bonds. The quantitative estimate of drug-likeness (QED) is 0.368. The van der Waals surface area contributed by atoms with Crippen LogP contribution in [0, 0.1) is 0 Å². The SMILES string of the molecule is COc1ccc(CCN(CC(C)c2cccc(Cl)c2)C2(C)SCCCS2)cc1OC.Cl. The molecule has 1 saturated heterocycles. The highest BCUT2D eigenvalue weighted by Gasteiger charge is 2.35. The van der Waals surface area contributed by atoms with Gasteiger partial charge in [0.25, 0.3) is 0 Å². The van der Waals surface area contributed by atoms with Crippen LogP contribution in [0.15, 0.2) is 42.5 Å². The summed E-state index contributed by atoms with van der Waals surface area (Å²) in [6, 6.07) is 14.5. The lowest BCUT2D eigenvalue weighted by molar-refractivity contribution is 0.236. The maximum atomic E-state index is 6.25. The van der Waals surface area contributed by atoms with Crippen LogP contribution in [0.4, 0.5) is 0 Å². The first-order chi connectivity index (χ1) is 14.4. The summed E-state index contributed by atoms with van der Waals surface area (Å²) in [6.45, 7) is 6.69. The topological polar surface area (TPSA) is 21.7 Å². The fourth-order valence-corrected chi connectivity index (χ4v) is 7.06. The number of rotatable bonds is 9. The first kappa shape index (κ1) is 26.5. The Morgan fingerprint density at radius 1 is 1.06 bits per heavy atom. The van der Waals surface area contributed by atoms with Crippen molar-refractivity contribution in [2.45, 2.75) is 36.8 Å². The van der Waals surface area contributed by atoms with Crippen molar-refractivity contribution < 1.29 is 9.47 Å². The standard InChI is InChI=1S/C24H32ClNO2S2.ClH/c1-18(20-7-5-8-21(25)16-20)17-26(24(2)29-13-6-14-30-24)12-11-19-9-10-22(27-3)23(15-19)28-4;/h5,7-10,15-16,18H,6,11-14,17H2,1-4H3;1H. The predicted octanol–water partition coefficient (Wildman–Crippen LogP) is 6.97. The molecule has 0 radical (unpaired) electrons. The molecule has 1 aliphatic rings. The van der Waals surface area contributed by atoms with Gasteiger partial charge < -0.3 is 9.47 Å². The van der Waals surface area contributed by atoms with Gasteiger partial charge in [0.1, 0.15) is 4.20 Å². The molecule has 1 atom stereocenters. The average Bonchev–Trinajstić information content (AvgIpc) is 2.76. The molecule has 2 aromatic carbocycles. The lowest BCUT2D eigenvalue weighted by Crippen LogP contribution is -2.46. The molecule has 0 bridgehead atoms. The van der Waals surface area contributed by atoms with E-state index < -0.39 is 0 Å². The predicted molar refractivity (Wildman–Crippen MR) is 140 cm³/mol. The molecule has 172 valence electrons. The zero-order chi connectivity index (χ0) is 21.6. The minimum absolute atomic E-state index is 0. The molecular formula is C24H33Cl2NO2S2. The van der Waals surface area contributed by atoms with Gasteiger partial charge >= 0.3 is 0 Å². The summed E-state index contributed by atoms with van der Waals surface area (Å²) in [4.78, 5) is 2.66. The van der Waals surface area contributed by atoms with Gasteiger partial charge in [0, 0.05) is 18.1 Å². The molecule has 0 spiro atoms. The summed E-state index contributed by atoms with van der Waals surface area (Å²) >= 11 is 10.4. The fraction of sp³-hybridized carbons (Fsp3) is 0.500. The average molecular weight is 503 g/mol. The summed E-state index contributed by atoms with van der Waals surface area (Å²) in [5.41, 5.74) is 2.57. The fourth-order valence-electron chi connectivity index (χ4n) is 3.82. The van der Waals surface area contributed by atoms with Crippen LogP contribution in [-0.2, 0) is 6.42 Å². The number of thioether (sulfide) groups is 2. The Balaban J connectivity index is 0.00000341. The van der Waals surface area contributed by atoms with Crippen LogP contribution in [-0.4, -0.2) is 47.9 Å². The van der Waals surface area contributed by atoms with E-state index in [4.69, 9.17) is 21.1 Å². The molecule has 0 aliphatic carbocycles. The Kier molecular flexibility index (Phi) is 10.7. The second kappa shape index (κ2) is 12.5. The van der Waals surface area contributed by atoms with Crippen molar-refractivity contribution >= 4 is 47.5 Å². The van der Waals surface area contributed by atoms with Crippen LogP contribution < -0.4 is 9.47 Å². The summed E-state index contributed by atoms with van der Waals surface area (Å²) < 4.78 is 11.0. The van der Waals surface area contributed by atoms with E-state index >= 15 is 0 Å². The molecular weight excluding hydrogens is 469 g/mol. The van der Waals surface area contributed by atoms with E-state index in [0.29, 0.717) is 5.92 Å². The van der Waals surface area contributed by atoms with Crippen molar-refractivity contribution in [3.8, 4) is 11.5 Å². The van der Waals surface area contributed by atoms with Gasteiger partial charge in [0.05, 0.1) is 14.2 Å².